The molecule has 0 spiro atoms. The van der Waals surface area contributed by atoms with Crippen molar-refractivity contribution in [2.45, 2.75) is 13.0 Å². The Hall–Kier alpha value is -2.28. The van der Waals surface area contributed by atoms with Crippen LogP contribution in [0.25, 0.3) is 0 Å². The second kappa shape index (κ2) is 9.78. The first kappa shape index (κ1) is 20.5. The molecule has 150 valence electrons. The molecular formula is C21H27ClN4O2. The summed E-state index contributed by atoms with van der Waals surface area (Å²) >= 11 is 6.17. The van der Waals surface area contributed by atoms with Gasteiger partial charge in [0.05, 0.1) is 37.9 Å². The second-order valence-corrected chi connectivity index (χ2v) is 7.18. The predicted molar refractivity (Wildman–Crippen MR) is 114 cm³/mol. The molecule has 1 unspecified atom stereocenters. The number of methoxy groups -OCH3 is 1. The van der Waals surface area contributed by atoms with Crippen LogP contribution in [0.15, 0.2) is 47.5 Å². The number of aryl methyl sites for hydroxylation is 1. The van der Waals surface area contributed by atoms with Crippen molar-refractivity contribution in [2.75, 3.05) is 45.3 Å². The third-order valence-electron chi connectivity index (χ3n) is 4.81. The van der Waals surface area contributed by atoms with E-state index in [9.17, 15) is 0 Å². The molecule has 0 bridgehead atoms. The first-order chi connectivity index (χ1) is 13.6. The van der Waals surface area contributed by atoms with Gasteiger partial charge in [-0.05, 0) is 30.7 Å². The average Bonchev–Trinajstić information content (AvgIpc) is 2.70. The Morgan fingerprint density at radius 2 is 1.96 bits per heavy atom. The number of aliphatic imine (C=N–C) groups is 1. The molecule has 1 fully saturated rings. The highest BCUT2D eigenvalue weighted by Crippen LogP contribution is 2.27. The molecule has 28 heavy (non-hydrogen) atoms. The van der Waals surface area contributed by atoms with Crippen molar-refractivity contribution in [3.05, 3.63) is 58.6 Å². The summed E-state index contributed by atoms with van der Waals surface area (Å²) in [4.78, 5) is 6.99. The first-order valence-corrected chi connectivity index (χ1v) is 9.73. The highest BCUT2D eigenvalue weighted by molar-refractivity contribution is 6.32. The van der Waals surface area contributed by atoms with Crippen LogP contribution in [0, 0.1) is 6.92 Å². The summed E-state index contributed by atoms with van der Waals surface area (Å²) in [6, 6.07) is 14.2. The molecule has 1 aliphatic rings. The van der Waals surface area contributed by atoms with E-state index >= 15 is 0 Å². The van der Waals surface area contributed by atoms with Gasteiger partial charge in [-0.1, -0.05) is 41.4 Å². The highest BCUT2D eigenvalue weighted by atomic mass is 35.5. The molecule has 0 saturated carbocycles. The molecule has 1 saturated heterocycles. The number of hydrogen-bond donors (Lipinski definition) is 2. The summed E-state index contributed by atoms with van der Waals surface area (Å²) in [5.74, 6) is 0.973. The number of anilines is 1. The van der Waals surface area contributed by atoms with Crippen molar-refractivity contribution in [3.63, 3.8) is 0 Å². The minimum Gasteiger partial charge on any atom is -0.495 e. The molecule has 0 amide bonds. The smallest absolute Gasteiger partial charge is 0.193 e. The van der Waals surface area contributed by atoms with Crippen LogP contribution >= 0.6 is 11.6 Å². The van der Waals surface area contributed by atoms with Gasteiger partial charge in [0, 0.05) is 18.8 Å². The van der Waals surface area contributed by atoms with Crippen molar-refractivity contribution in [3.8, 4) is 5.75 Å². The number of rotatable bonds is 6. The Morgan fingerprint density at radius 3 is 2.61 bits per heavy atom. The van der Waals surface area contributed by atoms with E-state index in [0.29, 0.717) is 23.3 Å². The van der Waals surface area contributed by atoms with Crippen LogP contribution in [0.5, 0.6) is 5.75 Å². The molecule has 7 heteroatoms. The van der Waals surface area contributed by atoms with E-state index in [-0.39, 0.29) is 6.04 Å². The largest absolute Gasteiger partial charge is 0.495 e. The number of halogens is 1. The fraction of sp³-hybridized carbons (Fsp3) is 0.381. The fourth-order valence-corrected chi connectivity index (χ4v) is 3.48. The van der Waals surface area contributed by atoms with Gasteiger partial charge in [-0.3, -0.25) is 9.89 Å². The van der Waals surface area contributed by atoms with E-state index in [1.807, 2.05) is 6.07 Å². The number of nitrogens with one attached hydrogen (secondary N) is 1. The summed E-state index contributed by atoms with van der Waals surface area (Å²) in [6.45, 7) is 5.90. The van der Waals surface area contributed by atoms with Crippen molar-refractivity contribution >= 4 is 23.2 Å². The number of morpholine rings is 1. The summed E-state index contributed by atoms with van der Waals surface area (Å²) in [7, 11) is 1.58. The Balaban J connectivity index is 1.72. The van der Waals surface area contributed by atoms with Crippen LogP contribution in [-0.2, 0) is 4.74 Å². The number of nitrogens with two attached hydrogens (primary N) is 1. The van der Waals surface area contributed by atoms with Crippen LogP contribution < -0.4 is 15.8 Å². The van der Waals surface area contributed by atoms with Gasteiger partial charge in [-0.2, -0.15) is 0 Å². The molecule has 2 aromatic rings. The summed E-state index contributed by atoms with van der Waals surface area (Å²) in [6.07, 6.45) is 0. The maximum Gasteiger partial charge on any atom is 0.193 e. The molecule has 6 nitrogen and oxygen atoms in total. The minimum atomic E-state index is 0.157. The molecular weight excluding hydrogens is 376 g/mol. The highest BCUT2D eigenvalue weighted by Gasteiger charge is 2.22. The third kappa shape index (κ3) is 5.38. The zero-order valence-corrected chi connectivity index (χ0v) is 17.1. The van der Waals surface area contributed by atoms with E-state index in [4.69, 9.17) is 26.8 Å². The molecule has 3 N–H and O–H groups in total. The van der Waals surface area contributed by atoms with Crippen molar-refractivity contribution < 1.29 is 9.47 Å². The molecule has 0 aliphatic carbocycles. The molecule has 2 aromatic carbocycles. The van der Waals surface area contributed by atoms with Gasteiger partial charge < -0.3 is 20.5 Å². The van der Waals surface area contributed by atoms with E-state index in [0.717, 1.165) is 32.0 Å². The molecule has 1 aliphatic heterocycles. The lowest BCUT2D eigenvalue weighted by Gasteiger charge is -2.34. The summed E-state index contributed by atoms with van der Waals surface area (Å²) in [5, 5.41) is 3.62. The van der Waals surface area contributed by atoms with Crippen LogP contribution in [0.1, 0.15) is 17.2 Å². The van der Waals surface area contributed by atoms with E-state index in [1.165, 1.54) is 11.1 Å². The van der Waals surface area contributed by atoms with Gasteiger partial charge in [-0.25, -0.2) is 0 Å². The van der Waals surface area contributed by atoms with E-state index in [1.54, 1.807) is 19.2 Å². The van der Waals surface area contributed by atoms with Crippen molar-refractivity contribution in [1.29, 1.82) is 0 Å². The number of nitrogens with zero attached hydrogens (tertiary/aromatic N) is 2. The monoisotopic (exact) mass is 402 g/mol. The predicted octanol–water partition coefficient (Wildman–Crippen LogP) is 3.46. The van der Waals surface area contributed by atoms with Gasteiger partial charge in [0.2, 0.25) is 0 Å². The number of benzene rings is 2. The number of guanidine groups is 1. The van der Waals surface area contributed by atoms with Gasteiger partial charge >= 0.3 is 0 Å². The molecule has 1 atom stereocenters. The number of hydrogen-bond acceptors (Lipinski definition) is 4. The maximum absolute atomic E-state index is 6.17. The quantitative estimate of drug-likeness (QED) is 0.572. The average molecular weight is 403 g/mol. The topological polar surface area (TPSA) is 72.1 Å². The van der Waals surface area contributed by atoms with Crippen LogP contribution in [-0.4, -0.2) is 50.8 Å². The summed E-state index contributed by atoms with van der Waals surface area (Å²) < 4.78 is 10.7. The standard InChI is InChI=1S/C21H27ClN4O2/c1-15-3-5-16(6-4-15)19(26-9-11-28-12-10-26)14-24-21(23)25-17-7-8-20(27-2)18(22)13-17/h3-8,13,19H,9-12,14H2,1-2H3,(H3,23,24,25). The second-order valence-electron chi connectivity index (χ2n) is 6.78. The normalized spacial score (nSPS) is 16.6. The van der Waals surface area contributed by atoms with Gasteiger partial charge in [-0.15, -0.1) is 0 Å². The third-order valence-corrected chi connectivity index (χ3v) is 5.10. The Labute approximate surface area is 171 Å². The summed E-state index contributed by atoms with van der Waals surface area (Å²) in [5.41, 5.74) is 9.37. The Kier molecular flexibility index (Phi) is 7.14. The van der Waals surface area contributed by atoms with Crippen LogP contribution in [0.2, 0.25) is 5.02 Å². The Morgan fingerprint density at radius 1 is 1.25 bits per heavy atom. The van der Waals surface area contributed by atoms with Gasteiger partial charge in [0.15, 0.2) is 5.96 Å². The molecule has 1 heterocycles. The molecule has 0 aromatic heterocycles. The van der Waals surface area contributed by atoms with Crippen molar-refractivity contribution in [1.82, 2.24) is 4.90 Å². The van der Waals surface area contributed by atoms with E-state index in [2.05, 4.69) is 46.4 Å². The minimum absolute atomic E-state index is 0.157. The lowest BCUT2D eigenvalue weighted by atomic mass is 10.0. The number of ether oxygens (including phenoxy) is 2. The van der Waals surface area contributed by atoms with Crippen LogP contribution in [0.3, 0.4) is 0 Å². The Bertz CT molecular complexity index is 805. The zero-order valence-electron chi connectivity index (χ0n) is 16.3. The fourth-order valence-electron chi connectivity index (χ4n) is 3.23. The lowest BCUT2D eigenvalue weighted by molar-refractivity contribution is 0.0180. The first-order valence-electron chi connectivity index (χ1n) is 9.35. The lowest BCUT2D eigenvalue weighted by Crippen LogP contribution is -2.40. The SMILES string of the molecule is COc1ccc(NC(N)=NCC(c2ccc(C)cc2)N2CCOCC2)cc1Cl. The maximum atomic E-state index is 6.17. The molecule has 0 radical (unpaired) electrons. The van der Waals surface area contributed by atoms with Gasteiger partial charge in [0.1, 0.15) is 5.75 Å². The van der Waals surface area contributed by atoms with E-state index < -0.39 is 0 Å². The van der Waals surface area contributed by atoms with Crippen molar-refractivity contribution in [2.24, 2.45) is 10.7 Å². The zero-order chi connectivity index (χ0) is 19.9. The molecule has 3 rings (SSSR count). The van der Waals surface area contributed by atoms with Crippen LogP contribution in [0.4, 0.5) is 5.69 Å². The van der Waals surface area contributed by atoms with Gasteiger partial charge in [0.25, 0.3) is 0 Å².